The summed E-state index contributed by atoms with van der Waals surface area (Å²) >= 11 is 0. The summed E-state index contributed by atoms with van der Waals surface area (Å²) < 4.78 is 40.2. The molecule has 0 saturated heterocycles. The topological polar surface area (TPSA) is 56.9 Å². The highest BCUT2D eigenvalue weighted by Crippen LogP contribution is 2.33. The first-order chi connectivity index (χ1) is 8.93. The maximum absolute atomic E-state index is 13.7. The van der Waals surface area contributed by atoms with Crippen molar-refractivity contribution in [3.05, 3.63) is 46.9 Å². The van der Waals surface area contributed by atoms with E-state index in [1.807, 2.05) is 0 Å². The molecule has 1 aromatic carbocycles. The molecule has 0 saturated carbocycles. The van der Waals surface area contributed by atoms with Crippen LogP contribution in [0.1, 0.15) is 11.3 Å². The third kappa shape index (κ3) is 2.22. The molecule has 6 heteroatoms. The first kappa shape index (κ1) is 12.9. The van der Waals surface area contributed by atoms with E-state index in [2.05, 4.69) is 4.98 Å². The van der Waals surface area contributed by atoms with Crippen LogP contribution in [0.4, 0.5) is 13.2 Å². The Hall–Kier alpha value is -2.55. The van der Waals surface area contributed by atoms with Gasteiger partial charge in [0.15, 0.2) is 0 Å². The van der Waals surface area contributed by atoms with E-state index < -0.39 is 28.9 Å². The summed E-state index contributed by atoms with van der Waals surface area (Å²) in [6.45, 7) is 1.49. The van der Waals surface area contributed by atoms with Crippen LogP contribution in [0.3, 0.4) is 0 Å². The minimum Gasteiger partial charge on any atom is -0.492 e. The molecule has 1 N–H and O–H groups in total. The number of halogens is 3. The molecule has 0 spiro atoms. The van der Waals surface area contributed by atoms with Gasteiger partial charge < -0.3 is 5.11 Å². The number of aromatic nitrogens is 1. The summed E-state index contributed by atoms with van der Waals surface area (Å²) in [6, 6.07) is 3.88. The molecular weight excluding hydrogens is 257 g/mol. The Labute approximate surface area is 106 Å². The van der Waals surface area contributed by atoms with Crippen LogP contribution in [-0.2, 0) is 0 Å². The molecule has 0 amide bonds. The summed E-state index contributed by atoms with van der Waals surface area (Å²) in [5.41, 5.74) is -0.828. The van der Waals surface area contributed by atoms with Crippen molar-refractivity contribution >= 4 is 0 Å². The van der Waals surface area contributed by atoms with Crippen LogP contribution >= 0.6 is 0 Å². The van der Waals surface area contributed by atoms with Crippen LogP contribution in [0.2, 0.25) is 0 Å². The van der Waals surface area contributed by atoms with Gasteiger partial charge in [-0.05, 0) is 13.0 Å². The Bertz CT molecular complexity index is 685. The fourth-order valence-electron chi connectivity index (χ4n) is 1.76. The van der Waals surface area contributed by atoms with E-state index >= 15 is 0 Å². The lowest BCUT2D eigenvalue weighted by molar-refractivity contribution is 0.450. The Balaban J connectivity index is 2.84. The molecule has 19 heavy (non-hydrogen) atoms. The maximum atomic E-state index is 13.7. The lowest BCUT2D eigenvalue weighted by Gasteiger charge is -2.09. The molecule has 0 aliphatic heterocycles. The Morgan fingerprint density at radius 3 is 2.26 bits per heavy atom. The van der Waals surface area contributed by atoms with Gasteiger partial charge in [-0.3, -0.25) is 0 Å². The highest BCUT2D eigenvalue weighted by Gasteiger charge is 2.20. The second-order valence-corrected chi connectivity index (χ2v) is 3.87. The summed E-state index contributed by atoms with van der Waals surface area (Å²) in [6.07, 6.45) is 0. The number of nitrogens with zero attached hydrogens (tertiary/aromatic N) is 2. The lowest BCUT2D eigenvalue weighted by atomic mass is 9.99. The number of benzene rings is 1. The number of aryl methyl sites for hydroxylation is 1. The van der Waals surface area contributed by atoms with Gasteiger partial charge in [-0.25, -0.2) is 18.2 Å². The monoisotopic (exact) mass is 264 g/mol. The summed E-state index contributed by atoms with van der Waals surface area (Å²) in [5, 5.41) is 18.4. The third-order valence-corrected chi connectivity index (χ3v) is 2.52. The smallest absolute Gasteiger partial charge is 0.230 e. The van der Waals surface area contributed by atoms with Crippen molar-refractivity contribution in [3.63, 3.8) is 0 Å². The van der Waals surface area contributed by atoms with Crippen LogP contribution < -0.4 is 0 Å². The molecule has 1 heterocycles. The summed E-state index contributed by atoms with van der Waals surface area (Å²) in [4.78, 5) is 3.62. The molecule has 0 atom stereocenters. The van der Waals surface area contributed by atoms with Crippen LogP contribution in [0.15, 0.2) is 18.2 Å². The lowest BCUT2D eigenvalue weighted by Crippen LogP contribution is -1.97. The number of hydrogen-bond acceptors (Lipinski definition) is 3. The standard InChI is InChI=1S/C13H7F3N2O/c1-6-2-8(9(5-17)13(19)18-6)12-10(15)3-7(14)4-11(12)16/h2-4H,1H3,(H,18,19). The molecule has 0 unspecified atom stereocenters. The predicted molar refractivity (Wildman–Crippen MR) is 60.7 cm³/mol. The second kappa shape index (κ2) is 4.61. The van der Waals surface area contributed by atoms with Crippen molar-refractivity contribution in [2.45, 2.75) is 6.92 Å². The first-order valence-corrected chi connectivity index (χ1v) is 5.19. The molecule has 96 valence electrons. The van der Waals surface area contributed by atoms with E-state index in [4.69, 9.17) is 5.26 Å². The molecule has 0 aliphatic rings. The molecule has 0 aliphatic carbocycles. The average Bonchev–Trinajstić information content (AvgIpc) is 2.26. The maximum Gasteiger partial charge on any atom is 0.230 e. The molecule has 3 nitrogen and oxygen atoms in total. The van der Waals surface area contributed by atoms with Gasteiger partial charge in [0.05, 0.1) is 5.56 Å². The number of hydrogen-bond donors (Lipinski definition) is 1. The van der Waals surface area contributed by atoms with E-state index in [9.17, 15) is 18.3 Å². The number of nitriles is 1. The normalized spacial score (nSPS) is 10.3. The number of rotatable bonds is 1. The summed E-state index contributed by atoms with van der Waals surface area (Å²) in [5.74, 6) is -3.99. The van der Waals surface area contributed by atoms with Crippen molar-refractivity contribution in [2.24, 2.45) is 0 Å². The van der Waals surface area contributed by atoms with Crippen LogP contribution in [-0.4, -0.2) is 10.1 Å². The number of aromatic hydroxyl groups is 1. The van der Waals surface area contributed by atoms with Crippen molar-refractivity contribution < 1.29 is 18.3 Å². The van der Waals surface area contributed by atoms with Crippen LogP contribution in [0.5, 0.6) is 5.88 Å². The van der Waals surface area contributed by atoms with Crippen LogP contribution in [0, 0.1) is 35.7 Å². The molecule has 2 aromatic rings. The largest absolute Gasteiger partial charge is 0.492 e. The second-order valence-electron chi connectivity index (χ2n) is 3.87. The molecule has 1 aromatic heterocycles. The van der Waals surface area contributed by atoms with Gasteiger partial charge in [-0.15, -0.1) is 0 Å². The quantitative estimate of drug-likeness (QED) is 0.861. The first-order valence-electron chi connectivity index (χ1n) is 5.19. The zero-order valence-electron chi connectivity index (χ0n) is 9.71. The zero-order valence-corrected chi connectivity index (χ0v) is 9.71. The molecule has 0 bridgehead atoms. The van der Waals surface area contributed by atoms with E-state index in [0.29, 0.717) is 12.1 Å². The van der Waals surface area contributed by atoms with Crippen LogP contribution in [0.25, 0.3) is 11.1 Å². The predicted octanol–water partition coefficient (Wildman–Crippen LogP) is 3.05. The van der Waals surface area contributed by atoms with Gasteiger partial charge in [0.2, 0.25) is 5.88 Å². The third-order valence-electron chi connectivity index (χ3n) is 2.52. The van der Waals surface area contributed by atoms with Gasteiger partial charge in [-0.1, -0.05) is 0 Å². The minimum atomic E-state index is -1.15. The minimum absolute atomic E-state index is 0.164. The number of pyridine rings is 1. The van der Waals surface area contributed by atoms with Crippen molar-refractivity contribution in [1.82, 2.24) is 4.98 Å². The molecule has 2 rings (SSSR count). The highest BCUT2D eigenvalue weighted by atomic mass is 19.1. The van der Waals surface area contributed by atoms with Gasteiger partial charge in [-0.2, -0.15) is 5.26 Å². The van der Waals surface area contributed by atoms with Crippen molar-refractivity contribution in [3.8, 4) is 23.1 Å². The van der Waals surface area contributed by atoms with E-state index in [1.165, 1.54) is 13.0 Å². The zero-order chi connectivity index (χ0) is 14.2. The SMILES string of the molecule is Cc1cc(-c2c(F)cc(F)cc2F)c(C#N)c(O)n1. The Morgan fingerprint density at radius 1 is 1.16 bits per heavy atom. The summed E-state index contributed by atoms with van der Waals surface area (Å²) in [7, 11) is 0. The fourth-order valence-corrected chi connectivity index (χ4v) is 1.76. The van der Waals surface area contributed by atoms with E-state index in [-0.39, 0.29) is 16.8 Å². The van der Waals surface area contributed by atoms with Gasteiger partial charge >= 0.3 is 0 Å². The molecule has 0 fully saturated rings. The fraction of sp³-hybridized carbons (Fsp3) is 0.0769. The van der Waals surface area contributed by atoms with Gasteiger partial charge in [0.1, 0.15) is 29.1 Å². The average molecular weight is 264 g/mol. The molecular formula is C13H7F3N2O. The van der Waals surface area contributed by atoms with Crippen molar-refractivity contribution in [1.29, 1.82) is 5.26 Å². The van der Waals surface area contributed by atoms with E-state index in [1.54, 1.807) is 6.07 Å². The Morgan fingerprint density at radius 2 is 1.74 bits per heavy atom. The highest BCUT2D eigenvalue weighted by molar-refractivity contribution is 5.73. The van der Waals surface area contributed by atoms with Gasteiger partial charge in [0, 0.05) is 23.4 Å². The van der Waals surface area contributed by atoms with Gasteiger partial charge in [0.25, 0.3) is 0 Å². The van der Waals surface area contributed by atoms with Crippen molar-refractivity contribution in [2.75, 3.05) is 0 Å². The Kier molecular flexibility index (Phi) is 3.13. The van der Waals surface area contributed by atoms with E-state index in [0.717, 1.165) is 0 Å². The molecule has 0 radical (unpaired) electrons.